The molecule has 6 nitrogen and oxygen atoms in total. The molecule has 0 aliphatic heterocycles. The van der Waals surface area contributed by atoms with E-state index in [0.29, 0.717) is 28.0 Å². The molecule has 28 heavy (non-hydrogen) atoms. The fourth-order valence-corrected chi connectivity index (χ4v) is 4.44. The maximum absolute atomic E-state index is 12.3. The lowest BCUT2D eigenvalue weighted by Crippen LogP contribution is -2.21. The van der Waals surface area contributed by atoms with Crippen molar-refractivity contribution >= 4 is 28.9 Å². The van der Waals surface area contributed by atoms with E-state index in [4.69, 9.17) is 14.2 Å². The molecule has 1 aromatic heterocycles. The van der Waals surface area contributed by atoms with Gasteiger partial charge in [-0.15, -0.1) is 11.3 Å². The number of rotatable bonds is 7. The minimum atomic E-state index is -0.454. The second-order valence-corrected chi connectivity index (χ2v) is 7.90. The van der Waals surface area contributed by atoms with Gasteiger partial charge in [0.1, 0.15) is 16.4 Å². The average molecular weight is 404 g/mol. The molecule has 1 aliphatic rings. The summed E-state index contributed by atoms with van der Waals surface area (Å²) in [6, 6.07) is 6.98. The number of esters is 1. The molecule has 2 aromatic rings. The molecule has 3 rings (SSSR count). The summed E-state index contributed by atoms with van der Waals surface area (Å²) < 4.78 is 15.6. The average Bonchev–Trinajstić information content (AvgIpc) is 3.15. The summed E-state index contributed by atoms with van der Waals surface area (Å²) in [5.41, 5.74) is 1.74. The van der Waals surface area contributed by atoms with Gasteiger partial charge in [0.25, 0.3) is 5.91 Å². The monoisotopic (exact) mass is 403 g/mol. The fourth-order valence-electron chi connectivity index (χ4n) is 3.34. The predicted octanol–water partition coefficient (Wildman–Crippen LogP) is 4.08. The Morgan fingerprint density at radius 2 is 2.04 bits per heavy atom. The molecule has 1 aliphatic carbocycles. The van der Waals surface area contributed by atoms with Crippen LogP contribution in [0.25, 0.3) is 0 Å². The number of fused-ring (bicyclic) bond motifs is 1. The van der Waals surface area contributed by atoms with Crippen LogP contribution in [0.15, 0.2) is 24.3 Å². The molecule has 1 atom stereocenters. The maximum atomic E-state index is 12.3. The highest BCUT2D eigenvalue weighted by Gasteiger charge is 2.23. The molecule has 0 unspecified atom stereocenters. The van der Waals surface area contributed by atoms with Gasteiger partial charge in [-0.25, -0.2) is 4.79 Å². The number of anilines is 1. The third kappa shape index (κ3) is 4.65. The number of benzene rings is 1. The summed E-state index contributed by atoms with van der Waals surface area (Å²) in [6.07, 6.45) is 4.37. The highest BCUT2D eigenvalue weighted by atomic mass is 32.1. The zero-order valence-electron chi connectivity index (χ0n) is 16.4. The number of hydrogen-bond acceptors (Lipinski definition) is 6. The standard InChI is InChI=1S/C21H25NO5S/c1-4-13-5-8-18-14(9-13)10-19(28-18)21(24)27-12-20(23)22-16-7-6-15(25-2)11-17(16)26-3/h6-7,10-11,13H,4-5,8-9,12H2,1-3H3,(H,22,23)/t13-/m1/s1. The molecule has 0 radical (unpaired) electrons. The van der Waals surface area contributed by atoms with Crippen LogP contribution in [-0.2, 0) is 22.4 Å². The van der Waals surface area contributed by atoms with Gasteiger partial charge in [0.05, 0.1) is 19.9 Å². The van der Waals surface area contributed by atoms with Gasteiger partial charge in [-0.1, -0.05) is 13.3 Å². The molecule has 0 saturated carbocycles. The van der Waals surface area contributed by atoms with E-state index in [0.717, 1.165) is 19.3 Å². The Bertz CT molecular complexity index is 860. The van der Waals surface area contributed by atoms with Gasteiger partial charge in [-0.2, -0.15) is 0 Å². The molecule has 0 saturated heterocycles. The second-order valence-electron chi connectivity index (χ2n) is 6.77. The first kappa shape index (κ1) is 20.2. The van der Waals surface area contributed by atoms with E-state index in [1.54, 1.807) is 25.3 Å². The zero-order chi connectivity index (χ0) is 20.1. The van der Waals surface area contributed by atoms with Gasteiger partial charge in [0, 0.05) is 10.9 Å². The molecular weight excluding hydrogens is 378 g/mol. The van der Waals surface area contributed by atoms with Crippen molar-refractivity contribution in [1.29, 1.82) is 0 Å². The summed E-state index contributed by atoms with van der Waals surface area (Å²) in [5, 5.41) is 2.69. The van der Waals surface area contributed by atoms with Crippen molar-refractivity contribution in [3.05, 3.63) is 39.6 Å². The van der Waals surface area contributed by atoms with Gasteiger partial charge in [-0.05, 0) is 48.9 Å². The second kappa shape index (κ2) is 9.10. The first-order chi connectivity index (χ1) is 13.5. The largest absolute Gasteiger partial charge is 0.497 e. The molecule has 0 bridgehead atoms. The quantitative estimate of drug-likeness (QED) is 0.705. The lowest BCUT2D eigenvalue weighted by Gasteiger charge is -2.19. The Kier molecular flexibility index (Phi) is 6.57. The molecule has 1 N–H and O–H groups in total. The van der Waals surface area contributed by atoms with E-state index in [9.17, 15) is 9.59 Å². The summed E-state index contributed by atoms with van der Waals surface area (Å²) in [7, 11) is 3.06. The van der Waals surface area contributed by atoms with E-state index in [-0.39, 0.29) is 6.61 Å². The number of carbonyl (C=O) groups excluding carboxylic acids is 2. The van der Waals surface area contributed by atoms with E-state index in [1.807, 2.05) is 6.07 Å². The lowest BCUT2D eigenvalue weighted by molar-refractivity contribution is -0.119. The molecule has 1 aromatic carbocycles. The van der Waals surface area contributed by atoms with Crippen molar-refractivity contribution in [1.82, 2.24) is 0 Å². The Labute approximate surface area is 168 Å². The molecular formula is C21H25NO5S. The van der Waals surface area contributed by atoms with Crippen molar-refractivity contribution in [3.8, 4) is 11.5 Å². The minimum Gasteiger partial charge on any atom is -0.497 e. The van der Waals surface area contributed by atoms with Crippen LogP contribution in [0.4, 0.5) is 5.69 Å². The van der Waals surface area contributed by atoms with Crippen LogP contribution in [0.2, 0.25) is 0 Å². The van der Waals surface area contributed by atoms with Gasteiger partial charge < -0.3 is 19.5 Å². The third-order valence-corrected chi connectivity index (χ3v) is 6.20. The molecule has 7 heteroatoms. The number of hydrogen-bond donors (Lipinski definition) is 1. The van der Waals surface area contributed by atoms with E-state index in [2.05, 4.69) is 12.2 Å². The van der Waals surface area contributed by atoms with Gasteiger partial charge in [0.15, 0.2) is 6.61 Å². The van der Waals surface area contributed by atoms with Crippen LogP contribution in [-0.4, -0.2) is 32.7 Å². The summed E-state index contributed by atoms with van der Waals surface area (Å²) in [5.74, 6) is 0.897. The number of aryl methyl sites for hydroxylation is 1. The molecule has 1 amide bonds. The van der Waals surface area contributed by atoms with Crippen LogP contribution < -0.4 is 14.8 Å². The Morgan fingerprint density at radius 3 is 2.75 bits per heavy atom. The summed E-state index contributed by atoms with van der Waals surface area (Å²) >= 11 is 1.48. The highest BCUT2D eigenvalue weighted by molar-refractivity contribution is 7.14. The molecule has 0 fully saturated rings. The highest BCUT2D eigenvalue weighted by Crippen LogP contribution is 2.34. The Morgan fingerprint density at radius 1 is 1.21 bits per heavy atom. The van der Waals surface area contributed by atoms with Crippen LogP contribution in [0.1, 0.15) is 39.9 Å². The van der Waals surface area contributed by atoms with Crippen LogP contribution in [0, 0.1) is 5.92 Å². The van der Waals surface area contributed by atoms with Crippen molar-refractivity contribution in [2.45, 2.75) is 32.6 Å². The summed E-state index contributed by atoms with van der Waals surface area (Å²) in [6.45, 7) is 1.85. The van der Waals surface area contributed by atoms with Crippen molar-refractivity contribution < 1.29 is 23.8 Å². The number of methoxy groups -OCH3 is 2. The number of nitrogens with one attached hydrogen (secondary N) is 1. The molecule has 150 valence electrons. The Hall–Kier alpha value is -2.54. The number of carbonyl (C=O) groups is 2. The topological polar surface area (TPSA) is 73.9 Å². The van der Waals surface area contributed by atoms with Gasteiger partial charge in [-0.3, -0.25) is 4.79 Å². The number of amides is 1. The normalized spacial score (nSPS) is 15.5. The minimum absolute atomic E-state index is 0.353. The van der Waals surface area contributed by atoms with Crippen molar-refractivity contribution in [2.75, 3.05) is 26.1 Å². The van der Waals surface area contributed by atoms with Crippen molar-refractivity contribution in [2.24, 2.45) is 5.92 Å². The van der Waals surface area contributed by atoms with Crippen molar-refractivity contribution in [3.63, 3.8) is 0 Å². The van der Waals surface area contributed by atoms with Gasteiger partial charge in [0.2, 0.25) is 0 Å². The first-order valence-electron chi connectivity index (χ1n) is 9.34. The first-order valence-corrected chi connectivity index (χ1v) is 10.2. The zero-order valence-corrected chi connectivity index (χ0v) is 17.2. The fraction of sp³-hybridized carbons (Fsp3) is 0.429. The smallest absolute Gasteiger partial charge is 0.348 e. The van der Waals surface area contributed by atoms with Crippen LogP contribution in [0.3, 0.4) is 0 Å². The van der Waals surface area contributed by atoms with Gasteiger partial charge >= 0.3 is 5.97 Å². The third-order valence-electron chi connectivity index (χ3n) is 4.98. The summed E-state index contributed by atoms with van der Waals surface area (Å²) in [4.78, 5) is 26.4. The lowest BCUT2D eigenvalue weighted by atomic mass is 9.87. The van der Waals surface area contributed by atoms with Crippen LogP contribution in [0.5, 0.6) is 11.5 Å². The maximum Gasteiger partial charge on any atom is 0.348 e. The molecule has 0 spiro atoms. The Balaban J connectivity index is 1.56. The predicted molar refractivity (Wildman–Crippen MR) is 109 cm³/mol. The van der Waals surface area contributed by atoms with Crippen LogP contribution >= 0.6 is 11.3 Å². The van der Waals surface area contributed by atoms with E-state index < -0.39 is 11.9 Å². The van der Waals surface area contributed by atoms with E-state index in [1.165, 1.54) is 35.3 Å². The number of thiophene rings is 1. The van der Waals surface area contributed by atoms with E-state index >= 15 is 0 Å². The molecule has 1 heterocycles. The number of ether oxygens (including phenoxy) is 3. The SMILES string of the molecule is CC[C@@H]1CCc2sc(C(=O)OCC(=O)Nc3ccc(OC)cc3OC)cc2C1.